The molecule has 90 valence electrons. The van der Waals surface area contributed by atoms with Crippen molar-refractivity contribution in [1.29, 1.82) is 0 Å². The summed E-state index contributed by atoms with van der Waals surface area (Å²) in [5, 5.41) is 13.5. The van der Waals surface area contributed by atoms with Gasteiger partial charge < -0.3 is 5.11 Å². The van der Waals surface area contributed by atoms with Gasteiger partial charge in [-0.05, 0) is 6.92 Å². The molecule has 0 saturated heterocycles. The van der Waals surface area contributed by atoms with Crippen LogP contribution >= 0.6 is 23.1 Å². The monoisotopic (exact) mass is 270 g/mol. The summed E-state index contributed by atoms with van der Waals surface area (Å²) >= 11 is 2.63. The lowest BCUT2D eigenvalue weighted by atomic mass is 10.4. The number of thiazole rings is 1. The Balaban J connectivity index is 2.24. The molecule has 0 aliphatic rings. The summed E-state index contributed by atoms with van der Waals surface area (Å²) in [5.74, 6) is -0.290. The topological polar surface area (TPSA) is 80.9 Å². The summed E-state index contributed by atoms with van der Waals surface area (Å²) in [4.78, 5) is 19.8. The minimum absolute atomic E-state index is 0.0202. The predicted octanol–water partition coefficient (Wildman–Crippen LogP) is 1.42. The van der Waals surface area contributed by atoms with Crippen LogP contribution in [0.15, 0.2) is 10.7 Å². The minimum atomic E-state index is -0.867. The van der Waals surface area contributed by atoms with E-state index < -0.39 is 5.97 Å². The molecule has 0 atom stereocenters. The molecule has 1 N–H and O–H groups in total. The van der Waals surface area contributed by atoms with Crippen LogP contribution in [0.5, 0.6) is 0 Å². The molecular formula is C9H10N4O2S2. The smallest absolute Gasteiger partial charge is 0.313 e. The van der Waals surface area contributed by atoms with Crippen LogP contribution in [0.25, 0.3) is 10.7 Å². The summed E-state index contributed by atoms with van der Waals surface area (Å²) in [6.07, 6.45) is 0. The molecule has 2 aromatic rings. The van der Waals surface area contributed by atoms with E-state index in [2.05, 4.69) is 15.1 Å². The molecule has 0 fully saturated rings. The van der Waals surface area contributed by atoms with Crippen molar-refractivity contribution >= 4 is 29.1 Å². The van der Waals surface area contributed by atoms with Crippen molar-refractivity contribution < 1.29 is 9.90 Å². The minimum Gasteiger partial charge on any atom is -0.481 e. The molecule has 0 amide bonds. The molecular weight excluding hydrogens is 260 g/mol. The first-order chi connectivity index (χ1) is 8.08. The number of hydrogen-bond acceptors (Lipinski definition) is 6. The fourth-order valence-corrected chi connectivity index (χ4v) is 2.60. The second-order valence-corrected chi connectivity index (χ2v) is 5.09. The number of aryl methyl sites for hydroxylation is 2. The third-order valence-corrected chi connectivity index (χ3v) is 3.93. The number of nitrogens with zero attached hydrogens (tertiary/aromatic N) is 4. The van der Waals surface area contributed by atoms with Gasteiger partial charge in [0.15, 0.2) is 11.0 Å². The quantitative estimate of drug-likeness (QED) is 0.846. The van der Waals surface area contributed by atoms with Crippen molar-refractivity contribution in [3.63, 3.8) is 0 Å². The van der Waals surface area contributed by atoms with E-state index in [9.17, 15) is 4.79 Å². The first kappa shape index (κ1) is 12.1. The zero-order valence-electron chi connectivity index (χ0n) is 9.25. The van der Waals surface area contributed by atoms with E-state index in [1.165, 1.54) is 11.3 Å². The molecule has 0 aliphatic carbocycles. The van der Waals surface area contributed by atoms with Gasteiger partial charge in [-0.3, -0.25) is 4.79 Å². The van der Waals surface area contributed by atoms with E-state index in [1.54, 1.807) is 17.2 Å². The Morgan fingerprint density at radius 3 is 3.00 bits per heavy atom. The number of aliphatic carboxylic acids is 1. The SMILES string of the molecule is Cc1ncsc1-c1nc(SCC(=O)O)n(C)n1. The van der Waals surface area contributed by atoms with Crippen molar-refractivity contribution in [2.24, 2.45) is 7.05 Å². The number of aromatic nitrogens is 4. The van der Waals surface area contributed by atoms with Gasteiger partial charge in [-0.25, -0.2) is 9.67 Å². The Bertz CT molecular complexity index is 549. The number of carboxylic acid groups (broad SMARTS) is 1. The van der Waals surface area contributed by atoms with Gasteiger partial charge in [0.1, 0.15) is 0 Å². The number of carboxylic acids is 1. The van der Waals surface area contributed by atoms with Gasteiger partial charge in [0.25, 0.3) is 0 Å². The number of rotatable bonds is 4. The average molecular weight is 270 g/mol. The first-order valence-electron chi connectivity index (χ1n) is 4.74. The highest BCUT2D eigenvalue weighted by molar-refractivity contribution is 7.99. The lowest BCUT2D eigenvalue weighted by Crippen LogP contribution is -2.00. The van der Waals surface area contributed by atoms with E-state index in [1.807, 2.05) is 6.92 Å². The molecule has 2 aromatic heterocycles. The summed E-state index contributed by atoms with van der Waals surface area (Å²) in [5.41, 5.74) is 2.63. The van der Waals surface area contributed by atoms with Gasteiger partial charge in [0.2, 0.25) is 0 Å². The van der Waals surface area contributed by atoms with Crippen LogP contribution in [-0.4, -0.2) is 36.6 Å². The molecule has 0 aliphatic heterocycles. The fraction of sp³-hybridized carbons (Fsp3) is 0.333. The van der Waals surface area contributed by atoms with Gasteiger partial charge in [0, 0.05) is 7.05 Å². The third kappa shape index (κ3) is 2.64. The van der Waals surface area contributed by atoms with Crippen LogP contribution in [0.3, 0.4) is 0 Å². The maximum atomic E-state index is 10.5. The van der Waals surface area contributed by atoms with Crippen LogP contribution in [0.4, 0.5) is 0 Å². The summed E-state index contributed by atoms with van der Waals surface area (Å²) in [6, 6.07) is 0. The Hall–Kier alpha value is -1.41. The highest BCUT2D eigenvalue weighted by Crippen LogP contribution is 2.26. The van der Waals surface area contributed by atoms with E-state index >= 15 is 0 Å². The van der Waals surface area contributed by atoms with Crippen LogP contribution in [0.1, 0.15) is 5.69 Å². The maximum Gasteiger partial charge on any atom is 0.313 e. The first-order valence-corrected chi connectivity index (χ1v) is 6.60. The van der Waals surface area contributed by atoms with Crippen molar-refractivity contribution in [3.8, 4) is 10.7 Å². The Labute approximate surface area is 106 Å². The van der Waals surface area contributed by atoms with E-state index in [0.717, 1.165) is 22.3 Å². The Kier molecular flexibility index (Phi) is 3.43. The van der Waals surface area contributed by atoms with Crippen molar-refractivity contribution in [2.45, 2.75) is 12.1 Å². The van der Waals surface area contributed by atoms with Crippen LogP contribution < -0.4 is 0 Å². The van der Waals surface area contributed by atoms with Gasteiger partial charge in [-0.2, -0.15) is 4.98 Å². The fourth-order valence-electron chi connectivity index (χ4n) is 1.23. The largest absolute Gasteiger partial charge is 0.481 e. The molecule has 2 rings (SSSR count). The molecule has 0 unspecified atom stereocenters. The average Bonchev–Trinajstić information content (AvgIpc) is 2.82. The lowest BCUT2D eigenvalue weighted by Gasteiger charge is -1.94. The molecule has 0 radical (unpaired) electrons. The molecule has 0 aromatic carbocycles. The standard InChI is InChI=1S/C9H10N4O2S2/c1-5-7(17-4-10-5)8-11-9(13(2)12-8)16-3-6(14)15/h4H,3H2,1-2H3,(H,14,15). The molecule has 17 heavy (non-hydrogen) atoms. The Morgan fingerprint density at radius 1 is 1.65 bits per heavy atom. The van der Waals surface area contributed by atoms with E-state index in [4.69, 9.17) is 5.11 Å². The molecule has 6 nitrogen and oxygen atoms in total. The summed E-state index contributed by atoms with van der Waals surface area (Å²) in [7, 11) is 1.75. The van der Waals surface area contributed by atoms with Crippen LogP contribution in [0, 0.1) is 6.92 Å². The number of carbonyl (C=O) groups is 1. The molecule has 0 bridgehead atoms. The van der Waals surface area contributed by atoms with Crippen molar-refractivity contribution in [2.75, 3.05) is 5.75 Å². The van der Waals surface area contributed by atoms with E-state index in [0.29, 0.717) is 11.0 Å². The number of hydrogen-bond donors (Lipinski definition) is 1. The zero-order valence-corrected chi connectivity index (χ0v) is 10.9. The highest BCUT2D eigenvalue weighted by atomic mass is 32.2. The molecule has 0 saturated carbocycles. The molecule has 2 heterocycles. The molecule has 8 heteroatoms. The normalized spacial score (nSPS) is 10.7. The van der Waals surface area contributed by atoms with Crippen molar-refractivity contribution in [3.05, 3.63) is 11.2 Å². The van der Waals surface area contributed by atoms with Gasteiger partial charge >= 0.3 is 5.97 Å². The van der Waals surface area contributed by atoms with Gasteiger partial charge in [-0.1, -0.05) is 11.8 Å². The maximum absolute atomic E-state index is 10.5. The van der Waals surface area contributed by atoms with Crippen LogP contribution in [-0.2, 0) is 11.8 Å². The van der Waals surface area contributed by atoms with Crippen molar-refractivity contribution in [1.82, 2.24) is 19.7 Å². The van der Waals surface area contributed by atoms with E-state index in [-0.39, 0.29) is 5.75 Å². The summed E-state index contributed by atoms with van der Waals surface area (Å²) < 4.78 is 1.59. The highest BCUT2D eigenvalue weighted by Gasteiger charge is 2.14. The van der Waals surface area contributed by atoms with Crippen LogP contribution in [0.2, 0.25) is 0 Å². The number of thioether (sulfide) groups is 1. The summed E-state index contributed by atoms with van der Waals surface area (Å²) in [6.45, 7) is 1.90. The molecule has 0 spiro atoms. The Morgan fingerprint density at radius 2 is 2.41 bits per heavy atom. The zero-order chi connectivity index (χ0) is 12.4. The predicted molar refractivity (Wildman–Crippen MR) is 65.2 cm³/mol. The van der Waals surface area contributed by atoms with Gasteiger partial charge in [-0.15, -0.1) is 16.4 Å². The third-order valence-electron chi connectivity index (χ3n) is 2.00. The lowest BCUT2D eigenvalue weighted by molar-refractivity contribution is -0.133. The second kappa shape index (κ2) is 4.84. The van der Waals surface area contributed by atoms with Gasteiger partial charge in [0.05, 0.1) is 21.8 Å². The second-order valence-electron chi connectivity index (χ2n) is 3.29.